The van der Waals surface area contributed by atoms with Crippen LogP contribution in [-0.4, -0.2) is 17.5 Å². The molecule has 6 heteroatoms. The van der Waals surface area contributed by atoms with Crippen molar-refractivity contribution in [3.8, 4) is 0 Å². The van der Waals surface area contributed by atoms with Crippen molar-refractivity contribution in [3.63, 3.8) is 0 Å². The first kappa shape index (κ1) is 16.6. The molecule has 2 aromatic carbocycles. The van der Waals surface area contributed by atoms with Crippen LogP contribution >= 0.6 is 15.9 Å². The molecular weight excluding hydrogens is 377 g/mol. The highest BCUT2D eigenvalue weighted by Crippen LogP contribution is 2.28. The fourth-order valence-corrected chi connectivity index (χ4v) is 3.09. The number of hydrogen-bond donors (Lipinski definition) is 1. The van der Waals surface area contributed by atoms with Gasteiger partial charge < -0.3 is 10.1 Å². The number of cyclic esters (lactones) is 1. The maximum Gasteiger partial charge on any atom is 0.339 e. The average Bonchev–Trinajstić information content (AvgIpc) is 2.55. The molecule has 1 amide bonds. The Bertz CT molecular complexity index is 824. The fourth-order valence-electron chi connectivity index (χ4n) is 2.70. The zero-order valence-electron chi connectivity index (χ0n) is 12.9. The van der Waals surface area contributed by atoms with Crippen molar-refractivity contribution in [2.75, 3.05) is 0 Å². The van der Waals surface area contributed by atoms with E-state index in [1.54, 1.807) is 25.1 Å². The van der Waals surface area contributed by atoms with E-state index in [1.165, 1.54) is 12.1 Å². The lowest BCUT2D eigenvalue weighted by molar-refractivity contribution is -0.140. The molecule has 0 saturated heterocycles. The van der Waals surface area contributed by atoms with Gasteiger partial charge in [-0.2, -0.15) is 0 Å². The Kier molecular flexibility index (Phi) is 4.41. The highest BCUT2D eigenvalue weighted by molar-refractivity contribution is 9.10. The Hall–Kier alpha value is -2.21. The Labute approximate surface area is 147 Å². The van der Waals surface area contributed by atoms with Gasteiger partial charge in [0.25, 0.3) is 5.91 Å². The molecule has 0 aromatic heterocycles. The van der Waals surface area contributed by atoms with Gasteiger partial charge in [-0.1, -0.05) is 34.1 Å². The van der Waals surface area contributed by atoms with Crippen molar-refractivity contribution in [2.45, 2.75) is 25.5 Å². The van der Waals surface area contributed by atoms with Crippen LogP contribution in [0.1, 0.15) is 28.4 Å². The largest absolute Gasteiger partial charge is 0.445 e. The average molecular weight is 392 g/mol. The molecule has 1 atom stereocenters. The summed E-state index contributed by atoms with van der Waals surface area (Å²) in [6.45, 7) is 1.71. The van der Waals surface area contributed by atoms with Gasteiger partial charge in [0, 0.05) is 17.4 Å². The van der Waals surface area contributed by atoms with Gasteiger partial charge in [-0.25, -0.2) is 9.18 Å². The molecule has 124 valence electrons. The predicted molar refractivity (Wildman–Crippen MR) is 89.9 cm³/mol. The summed E-state index contributed by atoms with van der Waals surface area (Å²) >= 11 is 3.32. The molecule has 0 radical (unpaired) electrons. The van der Waals surface area contributed by atoms with Crippen LogP contribution in [0.15, 0.2) is 46.9 Å². The van der Waals surface area contributed by atoms with Crippen LogP contribution in [0.25, 0.3) is 0 Å². The van der Waals surface area contributed by atoms with Crippen molar-refractivity contribution >= 4 is 27.8 Å². The summed E-state index contributed by atoms with van der Waals surface area (Å²) in [5, 5.41) is 2.72. The molecular formula is C18H15BrFNO3. The van der Waals surface area contributed by atoms with E-state index in [1.807, 2.05) is 12.1 Å². The summed E-state index contributed by atoms with van der Waals surface area (Å²) in [7, 11) is 0. The van der Waals surface area contributed by atoms with Crippen molar-refractivity contribution in [3.05, 3.63) is 69.4 Å². The second kappa shape index (κ2) is 6.36. The van der Waals surface area contributed by atoms with E-state index < -0.39 is 17.5 Å². The zero-order chi connectivity index (χ0) is 17.3. The van der Waals surface area contributed by atoms with Crippen molar-refractivity contribution < 1.29 is 18.7 Å². The highest BCUT2D eigenvalue weighted by atomic mass is 79.9. The Morgan fingerprint density at radius 2 is 2.08 bits per heavy atom. The standard InChI is InChI=1S/C18H15BrFNO3/c1-18(9-11-4-2-3-5-14(11)16(22)24-18)17(23)21-10-12-8-13(20)6-7-15(12)19/h2-8H,9-10H2,1H3,(H,21,23). The molecule has 0 saturated carbocycles. The molecule has 1 aliphatic heterocycles. The predicted octanol–water partition coefficient (Wildman–Crippen LogP) is 3.38. The normalized spacial score (nSPS) is 19.4. The molecule has 0 bridgehead atoms. The summed E-state index contributed by atoms with van der Waals surface area (Å²) in [5.41, 5.74) is 0.578. The summed E-state index contributed by atoms with van der Waals surface area (Å²) in [6.07, 6.45) is 0.297. The molecule has 3 rings (SSSR count). The van der Waals surface area contributed by atoms with Gasteiger partial charge in [-0.05, 0) is 42.3 Å². The van der Waals surface area contributed by atoms with Crippen molar-refractivity contribution in [1.82, 2.24) is 5.32 Å². The Balaban J connectivity index is 1.75. The number of carbonyl (C=O) groups is 2. The first-order valence-electron chi connectivity index (χ1n) is 7.42. The fraction of sp³-hybridized carbons (Fsp3) is 0.222. The number of amides is 1. The van der Waals surface area contributed by atoms with Gasteiger partial charge >= 0.3 is 5.97 Å². The van der Waals surface area contributed by atoms with Crippen LogP contribution in [0.5, 0.6) is 0 Å². The third kappa shape index (κ3) is 3.19. The molecule has 4 nitrogen and oxygen atoms in total. The number of nitrogens with one attached hydrogen (secondary N) is 1. The summed E-state index contributed by atoms with van der Waals surface area (Å²) in [5.74, 6) is -1.31. The van der Waals surface area contributed by atoms with E-state index in [4.69, 9.17) is 4.74 Å². The SMILES string of the molecule is CC1(C(=O)NCc2cc(F)ccc2Br)Cc2ccccc2C(=O)O1. The van der Waals surface area contributed by atoms with Gasteiger partial charge in [-0.15, -0.1) is 0 Å². The second-order valence-electron chi connectivity index (χ2n) is 5.87. The molecule has 0 fully saturated rings. The third-order valence-corrected chi connectivity index (χ3v) is 4.78. The lowest BCUT2D eigenvalue weighted by atomic mass is 9.89. The second-order valence-corrected chi connectivity index (χ2v) is 6.73. The number of hydrogen-bond acceptors (Lipinski definition) is 3. The maximum atomic E-state index is 13.3. The molecule has 24 heavy (non-hydrogen) atoms. The van der Waals surface area contributed by atoms with Gasteiger partial charge in [0.1, 0.15) is 5.82 Å². The Morgan fingerprint density at radius 1 is 1.33 bits per heavy atom. The van der Waals surface area contributed by atoms with Crippen LogP contribution in [0, 0.1) is 5.82 Å². The number of halogens is 2. The van der Waals surface area contributed by atoms with Crippen LogP contribution in [0.4, 0.5) is 4.39 Å². The highest BCUT2D eigenvalue weighted by Gasteiger charge is 2.42. The summed E-state index contributed by atoms with van der Waals surface area (Å²) in [4.78, 5) is 24.7. The number of ether oxygens (including phenoxy) is 1. The van der Waals surface area contributed by atoms with E-state index in [0.29, 0.717) is 22.0 Å². The third-order valence-electron chi connectivity index (χ3n) is 4.01. The van der Waals surface area contributed by atoms with Crippen LogP contribution in [0.3, 0.4) is 0 Å². The minimum Gasteiger partial charge on any atom is -0.445 e. The van der Waals surface area contributed by atoms with Crippen LogP contribution in [0.2, 0.25) is 0 Å². The smallest absolute Gasteiger partial charge is 0.339 e. The van der Waals surface area contributed by atoms with Crippen molar-refractivity contribution in [1.29, 1.82) is 0 Å². The van der Waals surface area contributed by atoms with Gasteiger partial charge in [0.2, 0.25) is 0 Å². The number of rotatable bonds is 3. The number of esters is 1. The molecule has 1 N–H and O–H groups in total. The van der Waals surface area contributed by atoms with E-state index in [2.05, 4.69) is 21.2 Å². The Morgan fingerprint density at radius 3 is 2.88 bits per heavy atom. The first-order valence-corrected chi connectivity index (χ1v) is 8.22. The minimum absolute atomic E-state index is 0.131. The van der Waals surface area contributed by atoms with Gasteiger partial charge in [0.15, 0.2) is 5.60 Å². The monoisotopic (exact) mass is 391 g/mol. The number of carbonyl (C=O) groups excluding carboxylic acids is 2. The van der Waals surface area contributed by atoms with E-state index in [0.717, 1.165) is 5.56 Å². The number of fused-ring (bicyclic) bond motifs is 1. The first-order chi connectivity index (χ1) is 11.4. The quantitative estimate of drug-likeness (QED) is 0.815. The lowest BCUT2D eigenvalue weighted by Crippen LogP contribution is -2.51. The van der Waals surface area contributed by atoms with Gasteiger partial charge in [-0.3, -0.25) is 4.79 Å². The zero-order valence-corrected chi connectivity index (χ0v) is 14.5. The molecule has 2 aromatic rings. The lowest BCUT2D eigenvalue weighted by Gasteiger charge is -2.33. The molecule has 0 aliphatic carbocycles. The van der Waals surface area contributed by atoms with Crippen LogP contribution in [-0.2, 0) is 22.5 Å². The van der Waals surface area contributed by atoms with Crippen LogP contribution < -0.4 is 5.32 Å². The van der Waals surface area contributed by atoms with Gasteiger partial charge in [0.05, 0.1) is 5.56 Å². The molecule has 1 unspecified atom stereocenters. The van der Waals surface area contributed by atoms with E-state index in [9.17, 15) is 14.0 Å². The minimum atomic E-state index is -1.29. The molecule has 1 aliphatic rings. The number of benzene rings is 2. The van der Waals surface area contributed by atoms with Crippen molar-refractivity contribution in [2.24, 2.45) is 0 Å². The molecule has 0 spiro atoms. The van der Waals surface area contributed by atoms with E-state index >= 15 is 0 Å². The topological polar surface area (TPSA) is 55.4 Å². The van der Waals surface area contributed by atoms with E-state index in [-0.39, 0.29) is 12.4 Å². The maximum absolute atomic E-state index is 13.3. The summed E-state index contributed by atoms with van der Waals surface area (Å²) in [6, 6.07) is 11.3. The molecule has 1 heterocycles. The summed E-state index contributed by atoms with van der Waals surface area (Å²) < 4.78 is 19.4.